The van der Waals surface area contributed by atoms with Crippen LogP contribution >= 0.6 is 11.6 Å². The van der Waals surface area contributed by atoms with Gasteiger partial charge in [0.25, 0.3) is 5.69 Å². The summed E-state index contributed by atoms with van der Waals surface area (Å²) >= 11 is 6.15. The molecule has 0 saturated carbocycles. The molecule has 0 bridgehead atoms. The summed E-state index contributed by atoms with van der Waals surface area (Å²) < 4.78 is 0. The molecule has 96 valence electrons. The molecule has 1 aromatic rings. The van der Waals surface area contributed by atoms with Crippen LogP contribution in [-0.2, 0) is 0 Å². The topological polar surface area (TPSA) is 66.9 Å². The van der Waals surface area contributed by atoms with E-state index in [4.69, 9.17) is 16.9 Å². The molecule has 0 amide bonds. The molecule has 0 aliphatic carbocycles. The molecule has 0 aliphatic rings. The largest absolute Gasteiger partial charge is 0.287 e. The van der Waals surface area contributed by atoms with Crippen LogP contribution in [0, 0.1) is 27.4 Å². The summed E-state index contributed by atoms with van der Waals surface area (Å²) in [5.74, 6) is 0.366. The Balaban J connectivity index is 3.28. The number of benzene rings is 1. The molecule has 1 rings (SSSR count). The van der Waals surface area contributed by atoms with Crippen LogP contribution in [0.15, 0.2) is 18.2 Å². The quantitative estimate of drug-likeness (QED) is 0.472. The van der Waals surface area contributed by atoms with Crippen molar-refractivity contribution in [3.8, 4) is 6.07 Å². The van der Waals surface area contributed by atoms with Crippen molar-refractivity contribution in [1.82, 2.24) is 0 Å². The molecule has 0 saturated heterocycles. The predicted molar refractivity (Wildman–Crippen MR) is 70.7 cm³/mol. The Labute approximate surface area is 111 Å². The van der Waals surface area contributed by atoms with Gasteiger partial charge in [0.15, 0.2) is 0 Å². The first-order valence-corrected chi connectivity index (χ1v) is 6.14. The first kappa shape index (κ1) is 14.5. The van der Waals surface area contributed by atoms with E-state index >= 15 is 0 Å². The van der Waals surface area contributed by atoms with Gasteiger partial charge in [0.1, 0.15) is 11.6 Å². The van der Waals surface area contributed by atoms with Gasteiger partial charge in [-0.05, 0) is 24.5 Å². The first-order valence-electron chi connectivity index (χ1n) is 5.71. The molecule has 0 N–H and O–H groups in total. The van der Waals surface area contributed by atoms with Gasteiger partial charge >= 0.3 is 0 Å². The van der Waals surface area contributed by atoms with Crippen molar-refractivity contribution < 1.29 is 4.92 Å². The zero-order valence-corrected chi connectivity index (χ0v) is 11.3. The van der Waals surface area contributed by atoms with E-state index in [1.165, 1.54) is 6.07 Å². The third kappa shape index (κ3) is 2.99. The highest BCUT2D eigenvalue weighted by Crippen LogP contribution is 2.33. The number of hydrogen-bond acceptors (Lipinski definition) is 3. The molecule has 2 atom stereocenters. The molecule has 0 aliphatic heterocycles. The van der Waals surface area contributed by atoms with Crippen LogP contribution < -0.4 is 0 Å². The highest BCUT2D eigenvalue weighted by Gasteiger charge is 2.23. The maximum Gasteiger partial charge on any atom is 0.287 e. The number of halogens is 1. The number of alkyl halides is 1. The van der Waals surface area contributed by atoms with Crippen molar-refractivity contribution >= 4 is 17.3 Å². The molecule has 2 unspecified atom stereocenters. The Morgan fingerprint density at radius 1 is 1.39 bits per heavy atom. The van der Waals surface area contributed by atoms with E-state index in [1.807, 2.05) is 26.8 Å². The Morgan fingerprint density at radius 2 is 2.00 bits per heavy atom. The number of rotatable bonds is 4. The van der Waals surface area contributed by atoms with E-state index < -0.39 is 4.92 Å². The fraction of sp³-hybridized carbons (Fsp3) is 0.462. The van der Waals surface area contributed by atoms with Crippen LogP contribution in [0.3, 0.4) is 0 Å². The van der Waals surface area contributed by atoms with Crippen molar-refractivity contribution in [2.75, 3.05) is 0 Å². The van der Waals surface area contributed by atoms with Gasteiger partial charge in [0.05, 0.1) is 4.92 Å². The maximum atomic E-state index is 10.8. The summed E-state index contributed by atoms with van der Waals surface area (Å²) in [6.45, 7) is 5.97. The Bertz CT molecular complexity index is 484. The Kier molecular flexibility index (Phi) is 4.69. The van der Waals surface area contributed by atoms with Crippen LogP contribution in [0.5, 0.6) is 0 Å². The molecule has 0 heterocycles. The van der Waals surface area contributed by atoms with E-state index in [-0.39, 0.29) is 22.5 Å². The first-order chi connectivity index (χ1) is 8.38. The lowest BCUT2D eigenvalue weighted by Gasteiger charge is -2.23. The fourth-order valence-electron chi connectivity index (χ4n) is 2.19. The van der Waals surface area contributed by atoms with Gasteiger partial charge in [-0.3, -0.25) is 10.1 Å². The number of nitriles is 1. The molecular weight excluding hydrogens is 252 g/mol. The van der Waals surface area contributed by atoms with Crippen molar-refractivity contribution in [1.29, 1.82) is 5.26 Å². The highest BCUT2D eigenvalue weighted by atomic mass is 35.5. The number of nitro groups is 1. The molecule has 0 spiro atoms. The molecule has 5 heteroatoms. The molecule has 0 aromatic heterocycles. The SMILES string of the molecule is CC(C)C(c1ccc([N+](=O)[O-])c(C#N)c1)C(C)Cl. The summed E-state index contributed by atoms with van der Waals surface area (Å²) in [6, 6.07) is 6.50. The second kappa shape index (κ2) is 5.83. The average Bonchev–Trinajstić information content (AvgIpc) is 2.27. The van der Waals surface area contributed by atoms with E-state index in [0.29, 0.717) is 5.92 Å². The van der Waals surface area contributed by atoms with Crippen molar-refractivity contribution in [3.63, 3.8) is 0 Å². The van der Waals surface area contributed by atoms with E-state index in [1.54, 1.807) is 12.1 Å². The average molecular weight is 267 g/mol. The van der Waals surface area contributed by atoms with Gasteiger partial charge in [0, 0.05) is 17.4 Å². The molecule has 18 heavy (non-hydrogen) atoms. The van der Waals surface area contributed by atoms with Crippen molar-refractivity contribution in [2.24, 2.45) is 5.92 Å². The highest BCUT2D eigenvalue weighted by molar-refractivity contribution is 6.20. The van der Waals surface area contributed by atoms with Crippen molar-refractivity contribution in [2.45, 2.75) is 32.1 Å². The monoisotopic (exact) mass is 266 g/mol. The van der Waals surface area contributed by atoms with E-state index in [2.05, 4.69) is 0 Å². The van der Waals surface area contributed by atoms with Crippen molar-refractivity contribution in [3.05, 3.63) is 39.4 Å². The minimum atomic E-state index is -0.545. The normalized spacial score (nSPS) is 14.0. The van der Waals surface area contributed by atoms with Gasteiger partial charge in [-0.15, -0.1) is 11.6 Å². The lowest BCUT2D eigenvalue weighted by molar-refractivity contribution is -0.385. The number of nitrogens with zero attached hydrogens (tertiary/aromatic N) is 2. The Morgan fingerprint density at radius 3 is 2.39 bits per heavy atom. The smallest absolute Gasteiger partial charge is 0.258 e. The summed E-state index contributed by atoms with van der Waals surface area (Å²) in [6.07, 6.45) is 0. The Hall–Kier alpha value is -1.60. The minimum absolute atomic E-state index is 0.0690. The number of hydrogen-bond donors (Lipinski definition) is 0. The third-order valence-corrected chi connectivity index (χ3v) is 3.21. The van der Waals surface area contributed by atoms with E-state index in [0.717, 1.165) is 5.56 Å². The van der Waals surface area contributed by atoms with Crippen LogP contribution in [0.25, 0.3) is 0 Å². The summed E-state index contributed by atoms with van der Waals surface area (Å²) in [4.78, 5) is 10.2. The van der Waals surface area contributed by atoms with E-state index in [9.17, 15) is 10.1 Å². The lowest BCUT2D eigenvalue weighted by atomic mass is 9.85. The second-order valence-corrected chi connectivity index (χ2v) is 5.28. The number of nitro benzene ring substituents is 1. The fourth-order valence-corrected chi connectivity index (χ4v) is 2.63. The molecule has 4 nitrogen and oxygen atoms in total. The third-order valence-electron chi connectivity index (χ3n) is 2.94. The summed E-state index contributed by atoms with van der Waals surface area (Å²) in [7, 11) is 0. The summed E-state index contributed by atoms with van der Waals surface area (Å²) in [5.41, 5.74) is 0.793. The second-order valence-electron chi connectivity index (χ2n) is 4.59. The van der Waals surface area contributed by atoms with Crippen LogP contribution in [-0.4, -0.2) is 10.3 Å². The standard InChI is InChI=1S/C13H15ClN2O2/c1-8(2)13(9(3)14)10-4-5-12(16(17)18)11(6-10)7-15/h4-6,8-9,13H,1-3H3. The van der Waals surface area contributed by atoms with Gasteiger partial charge in [-0.1, -0.05) is 19.9 Å². The maximum absolute atomic E-state index is 10.8. The van der Waals surface area contributed by atoms with Gasteiger partial charge < -0.3 is 0 Å². The molecule has 1 aromatic carbocycles. The molecular formula is C13H15ClN2O2. The van der Waals surface area contributed by atoms with Crippen LogP contribution in [0.2, 0.25) is 0 Å². The van der Waals surface area contributed by atoms with Gasteiger partial charge in [0.2, 0.25) is 0 Å². The minimum Gasteiger partial charge on any atom is -0.258 e. The zero-order valence-electron chi connectivity index (χ0n) is 10.6. The predicted octanol–water partition coefficient (Wildman–Crippen LogP) is 3.83. The lowest BCUT2D eigenvalue weighted by Crippen LogP contribution is -2.16. The van der Waals surface area contributed by atoms with Gasteiger partial charge in [-0.2, -0.15) is 5.26 Å². The molecule has 0 radical (unpaired) electrons. The van der Waals surface area contributed by atoms with Crippen LogP contribution in [0.1, 0.15) is 37.8 Å². The van der Waals surface area contributed by atoms with Gasteiger partial charge in [-0.25, -0.2) is 0 Å². The zero-order chi connectivity index (χ0) is 13.9. The van der Waals surface area contributed by atoms with Crippen LogP contribution in [0.4, 0.5) is 5.69 Å². The summed E-state index contributed by atoms with van der Waals surface area (Å²) in [5, 5.41) is 19.6. The molecule has 0 fully saturated rings.